The van der Waals surface area contributed by atoms with Gasteiger partial charge in [-0.1, -0.05) is 12.1 Å². The zero-order valence-electron chi connectivity index (χ0n) is 11.0. The number of carboxylic acids is 1. The SMILES string of the molecule is CC(=O)C1=C(O)C(=O)N(CC(=O)O)C1c1ccc(F)cc1. The first kappa shape index (κ1) is 14.7. The van der Waals surface area contributed by atoms with Crippen LogP contribution in [0, 0.1) is 5.82 Å². The van der Waals surface area contributed by atoms with Crippen LogP contribution in [0.15, 0.2) is 35.6 Å². The molecular formula is C14H12FNO5. The Bertz CT molecular complexity index is 650. The average molecular weight is 293 g/mol. The van der Waals surface area contributed by atoms with Gasteiger partial charge in [0.05, 0.1) is 11.6 Å². The molecule has 2 N–H and O–H groups in total. The van der Waals surface area contributed by atoms with Crippen molar-refractivity contribution in [3.05, 3.63) is 47.0 Å². The zero-order chi connectivity index (χ0) is 15.7. The number of aliphatic hydroxyl groups excluding tert-OH is 1. The first-order chi connectivity index (χ1) is 9.82. The minimum absolute atomic E-state index is 0.187. The lowest BCUT2D eigenvalue weighted by Crippen LogP contribution is -2.35. The molecule has 1 aliphatic rings. The maximum Gasteiger partial charge on any atom is 0.323 e. The molecule has 0 aliphatic carbocycles. The van der Waals surface area contributed by atoms with Gasteiger partial charge in [0.15, 0.2) is 11.5 Å². The number of halogens is 1. The van der Waals surface area contributed by atoms with Gasteiger partial charge in [-0.2, -0.15) is 0 Å². The fraction of sp³-hybridized carbons (Fsp3) is 0.214. The molecule has 0 aromatic heterocycles. The first-order valence-corrected chi connectivity index (χ1v) is 6.05. The molecule has 0 spiro atoms. The third-order valence-electron chi connectivity index (χ3n) is 3.17. The maximum absolute atomic E-state index is 13.0. The van der Waals surface area contributed by atoms with E-state index in [1.54, 1.807) is 0 Å². The number of amides is 1. The van der Waals surface area contributed by atoms with Crippen LogP contribution in [0.3, 0.4) is 0 Å². The van der Waals surface area contributed by atoms with Crippen LogP contribution in [-0.2, 0) is 14.4 Å². The number of carbonyl (C=O) groups is 3. The quantitative estimate of drug-likeness (QED) is 0.869. The Labute approximate surface area is 119 Å². The van der Waals surface area contributed by atoms with Crippen molar-refractivity contribution in [2.45, 2.75) is 13.0 Å². The molecule has 1 unspecified atom stereocenters. The van der Waals surface area contributed by atoms with Crippen LogP contribution in [0.4, 0.5) is 4.39 Å². The van der Waals surface area contributed by atoms with Gasteiger partial charge in [0.1, 0.15) is 12.4 Å². The van der Waals surface area contributed by atoms with Gasteiger partial charge in [0, 0.05) is 0 Å². The topological polar surface area (TPSA) is 94.9 Å². The number of benzene rings is 1. The van der Waals surface area contributed by atoms with Crippen LogP contribution in [-0.4, -0.2) is 39.3 Å². The summed E-state index contributed by atoms with van der Waals surface area (Å²) in [5.41, 5.74) is 0.160. The molecule has 1 aromatic rings. The number of nitrogens with zero attached hydrogens (tertiary/aromatic N) is 1. The fourth-order valence-electron chi connectivity index (χ4n) is 2.31. The summed E-state index contributed by atoms with van der Waals surface area (Å²) in [6.45, 7) is 0.487. The maximum atomic E-state index is 13.0. The van der Waals surface area contributed by atoms with Crippen molar-refractivity contribution < 1.29 is 29.0 Å². The molecule has 2 rings (SSSR count). The second-order valence-corrected chi connectivity index (χ2v) is 4.60. The van der Waals surface area contributed by atoms with E-state index in [1.807, 2.05) is 0 Å². The van der Waals surface area contributed by atoms with Gasteiger partial charge in [0.2, 0.25) is 0 Å². The summed E-state index contributed by atoms with van der Waals surface area (Å²) in [6, 6.07) is 3.90. The lowest BCUT2D eigenvalue weighted by atomic mass is 9.97. The van der Waals surface area contributed by atoms with Crippen LogP contribution in [0.25, 0.3) is 0 Å². The monoisotopic (exact) mass is 293 g/mol. The highest BCUT2D eigenvalue weighted by Gasteiger charge is 2.43. The largest absolute Gasteiger partial charge is 0.503 e. The molecule has 6 nitrogen and oxygen atoms in total. The summed E-state index contributed by atoms with van der Waals surface area (Å²) >= 11 is 0. The number of carboxylic acid groups (broad SMARTS) is 1. The van der Waals surface area contributed by atoms with E-state index in [4.69, 9.17) is 5.11 Å². The highest BCUT2D eigenvalue weighted by atomic mass is 19.1. The normalized spacial score (nSPS) is 18.3. The van der Waals surface area contributed by atoms with E-state index in [2.05, 4.69) is 0 Å². The molecule has 0 saturated heterocycles. The number of aliphatic hydroxyl groups is 1. The van der Waals surface area contributed by atoms with Crippen molar-refractivity contribution in [3.63, 3.8) is 0 Å². The molecule has 0 saturated carbocycles. The molecule has 0 fully saturated rings. The number of hydrogen-bond donors (Lipinski definition) is 2. The van der Waals surface area contributed by atoms with E-state index in [9.17, 15) is 23.9 Å². The van der Waals surface area contributed by atoms with Crippen molar-refractivity contribution >= 4 is 17.7 Å². The minimum atomic E-state index is -1.28. The van der Waals surface area contributed by atoms with Crippen LogP contribution in [0.1, 0.15) is 18.5 Å². The van der Waals surface area contributed by atoms with Crippen LogP contribution in [0.5, 0.6) is 0 Å². The highest BCUT2D eigenvalue weighted by Crippen LogP contribution is 2.37. The van der Waals surface area contributed by atoms with Crippen LogP contribution in [0.2, 0.25) is 0 Å². The van der Waals surface area contributed by atoms with Gasteiger partial charge in [0.25, 0.3) is 5.91 Å². The summed E-state index contributed by atoms with van der Waals surface area (Å²) in [6.07, 6.45) is 0. The van der Waals surface area contributed by atoms with Crippen LogP contribution >= 0.6 is 0 Å². The highest BCUT2D eigenvalue weighted by molar-refractivity contribution is 6.08. The Balaban J connectivity index is 2.53. The van der Waals surface area contributed by atoms with E-state index in [0.29, 0.717) is 5.56 Å². The van der Waals surface area contributed by atoms with E-state index in [1.165, 1.54) is 19.1 Å². The lowest BCUT2D eigenvalue weighted by molar-refractivity contribution is -0.144. The third-order valence-corrected chi connectivity index (χ3v) is 3.17. The molecule has 110 valence electrons. The number of hydrogen-bond acceptors (Lipinski definition) is 4. The molecule has 1 amide bonds. The van der Waals surface area contributed by atoms with Gasteiger partial charge in [-0.3, -0.25) is 14.4 Å². The van der Waals surface area contributed by atoms with Crippen molar-refractivity contribution in [1.82, 2.24) is 4.90 Å². The number of ketones is 1. The summed E-state index contributed by atoms with van der Waals surface area (Å²) in [7, 11) is 0. The second kappa shape index (κ2) is 5.35. The summed E-state index contributed by atoms with van der Waals surface area (Å²) in [5, 5.41) is 18.7. The average Bonchev–Trinajstić information content (AvgIpc) is 2.64. The number of Topliss-reactive ketones (excluding diaryl/α,β-unsaturated/α-hetero) is 1. The van der Waals surface area contributed by atoms with Gasteiger partial charge in [-0.15, -0.1) is 0 Å². The van der Waals surface area contributed by atoms with Gasteiger partial charge in [-0.05, 0) is 24.6 Å². The Morgan fingerprint density at radius 2 is 1.86 bits per heavy atom. The fourth-order valence-corrected chi connectivity index (χ4v) is 2.31. The van der Waals surface area contributed by atoms with Crippen molar-refractivity contribution in [2.24, 2.45) is 0 Å². The molecule has 0 bridgehead atoms. The van der Waals surface area contributed by atoms with Crippen molar-refractivity contribution in [1.29, 1.82) is 0 Å². The zero-order valence-corrected chi connectivity index (χ0v) is 11.0. The van der Waals surface area contributed by atoms with E-state index < -0.39 is 41.8 Å². The summed E-state index contributed by atoms with van der Waals surface area (Å²) in [4.78, 5) is 35.3. The molecule has 7 heteroatoms. The van der Waals surface area contributed by atoms with E-state index in [-0.39, 0.29) is 5.57 Å². The first-order valence-electron chi connectivity index (χ1n) is 6.05. The van der Waals surface area contributed by atoms with Gasteiger partial charge >= 0.3 is 5.97 Å². The smallest absolute Gasteiger partial charge is 0.323 e. The molecule has 1 atom stereocenters. The van der Waals surface area contributed by atoms with E-state index >= 15 is 0 Å². The Morgan fingerprint density at radius 3 is 2.33 bits per heavy atom. The molecule has 1 aromatic carbocycles. The van der Waals surface area contributed by atoms with Crippen LogP contribution < -0.4 is 0 Å². The summed E-state index contributed by atoms with van der Waals surface area (Å²) < 4.78 is 13.0. The number of aliphatic carboxylic acids is 1. The molecule has 0 radical (unpaired) electrons. The van der Waals surface area contributed by atoms with Crippen molar-refractivity contribution in [2.75, 3.05) is 6.54 Å². The Hall–Kier alpha value is -2.70. The standard InChI is InChI=1S/C14H12FNO5/c1-7(17)11-12(8-2-4-9(15)5-3-8)16(6-10(18)19)14(21)13(11)20/h2-5,12,20H,6H2,1H3,(H,18,19). The van der Waals surface area contributed by atoms with Crippen molar-refractivity contribution in [3.8, 4) is 0 Å². The summed E-state index contributed by atoms with van der Waals surface area (Å²) in [5.74, 6) is -4.04. The number of carbonyl (C=O) groups excluding carboxylic acids is 2. The molecule has 1 aliphatic heterocycles. The number of rotatable bonds is 4. The molecular weight excluding hydrogens is 281 g/mol. The lowest BCUT2D eigenvalue weighted by Gasteiger charge is -2.24. The molecule has 21 heavy (non-hydrogen) atoms. The Morgan fingerprint density at radius 1 is 1.29 bits per heavy atom. The Kier molecular flexibility index (Phi) is 3.75. The van der Waals surface area contributed by atoms with Gasteiger partial charge < -0.3 is 15.1 Å². The third kappa shape index (κ3) is 2.62. The van der Waals surface area contributed by atoms with Gasteiger partial charge in [-0.25, -0.2) is 4.39 Å². The van der Waals surface area contributed by atoms with E-state index in [0.717, 1.165) is 17.0 Å². The predicted molar refractivity (Wildman–Crippen MR) is 68.8 cm³/mol. The predicted octanol–water partition coefficient (Wildman–Crippen LogP) is 1.19. The minimum Gasteiger partial charge on any atom is -0.503 e. The second-order valence-electron chi connectivity index (χ2n) is 4.60. The molecule has 1 heterocycles.